The Bertz CT molecular complexity index is 3230. The maximum Gasteiger partial charge on any atom is 0.410 e. The first kappa shape index (κ1) is 59.7. The van der Waals surface area contributed by atoms with Gasteiger partial charge in [0.1, 0.15) is 30.5 Å². The number of halogens is 4. The quantitative estimate of drug-likeness (QED) is 0.0556. The minimum Gasteiger partial charge on any atom is -0.481 e. The molecule has 6 aromatic carbocycles. The molecule has 3 heterocycles. The maximum atomic E-state index is 14.4. The van der Waals surface area contributed by atoms with Crippen LogP contribution in [0.4, 0.5) is 18.4 Å². The number of benzene rings is 6. The van der Waals surface area contributed by atoms with Crippen molar-refractivity contribution in [3.63, 3.8) is 0 Å². The monoisotopic (exact) mass is 1130 g/mol. The number of nitrogens with one attached hydrogen (secondary N) is 1. The van der Waals surface area contributed by atoms with Gasteiger partial charge in [-0.3, -0.25) is 14.4 Å². The van der Waals surface area contributed by atoms with Gasteiger partial charge in [0.15, 0.2) is 5.78 Å². The van der Waals surface area contributed by atoms with E-state index in [9.17, 15) is 43.0 Å². The highest BCUT2D eigenvalue weighted by atomic mass is 35.5. The molecule has 0 spiro atoms. The van der Waals surface area contributed by atoms with E-state index in [0.717, 1.165) is 22.3 Å². The van der Waals surface area contributed by atoms with E-state index in [4.69, 9.17) is 38.4 Å². The van der Waals surface area contributed by atoms with Crippen molar-refractivity contribution < 1.29 is 52.4 Å². The van der Waals surface area contributed by atoms with Gasteiger partial charge in [-0.05, 0) is 114 Å². The molecule has 0 bridgehead atoms. The Hall–Kier alpha value is -7.99. The lowest BCUT2D eigenvalue weighted by atomic mass is 9.75. The molecule has 0 aliphatic carbocycles. The van der Waals surface area contributed by atoms with Crippen molar-refractivity contribution in [1.29, 1.82) is 0 Å². The number of aliphatic carboxylic acids is 2. The Morgan fingerprint density at radius 3 is 1.51 bits per heavy atom. The van der Waals surface area contributed by atoms with Gasteiger partial charge in [-0.1, -0.05) is 140 Å². The van der Waals surface area contributed by atoms with Gasteiger partial charge in [-0.25, -0.2) is 18.4 Å². The van der Waals surface area contributed by atoms with Gasteiger partial charge in [-0.15, -0.1) is 0 Å². The molecule has 2 aliphatic heterocycles. The fourth-order valence-electron chi connectivity index (χ4n) is 10.3. The lowest BCUT2D eigenvalue weighted by Crippen LogP contribution is -2.42. The number of hydrogen-bond donors (Lipinski definition) is 4. The third-order valence-electron chi connectivity index (χ3n) is 14.5. The molecule has 7 aromatic rings. The van der Waals surface area contributed by atoms with Crippen molar-refractivity contribution in [2.45, 2.75) is 71.6 Å². The first-order valence-electron chi connectivity index (χ1n) is 25.6. The number of Topliss-reactive ketones (excluding diaryl/α,β-unsaturated/α-hetero) is 1. The minimum atomic E-state index is -1.26. The average molecular weight is 1130 g/mol. The number of amides is 2. The molecular weight excluding hydrogens is 1070 g/mol. The molecule has 0 radical (unpaired) electrons. The summed E-state index contributed by atoms with van der Waals surface area (Å²) in [5.74, 6) is -3.42. The van der Waals surface area contributed by atoms with Gasteiger partial charge < -0.3 is 35.2 Å². The van der Waals surface area contributed by atoms with Crippen molar-refractivity contribution in [2.75, 3.05) is 26.2 Å². The van der Waals surface area contributed by atoms with Gasteiger partial charge in [-0.2, -0.15) is 15.4 Å². The van der Waals surface area contributed by atoms with Crippen molar-refractivity contribution in [2.24, 2.45) is 22.5 Å². The van der Waals surface area contributed by atoms with E-state index in [-0.39, 0.29) is 83.3 Å². The van der Waals surface area contributed by atoms with E-state index in [1.165, 1.54) is 40.3 Å². The second kappa shape index (κ2) is 27.3. The summed E-state index contributed by atoms with van der Waals surface area (Å²) in [6.07, 6.45) is 2.00. The van der Waals surface area contributed by atoms with Crippen LogP contribution in [-0.4, -0.2) is 97.6 Å². The number of ether oxygens (including phenoxy) is 2. The van der Waals surface area contributed by atoms with Crippen LogP contribution in [0.25, 0.3) is 22.3 Å². The fraction of sp³-hybridized carbons (Fsp3) is 0.295. The van der Waals surface area contributed by atoms with Crippen molar-refractivity contribution >= 4 is 53.1 Å². The summed E-state index contributed by atoms with van der Waals surface area (Å²) < 4.78 is 39.4. The molecule has 15 nitrogen and oxygen atoms in total. The molecule has 9 rings (SSSR count). The summed E-state index contributed by atoms with van der Waals surface area (Å²) in [5, 5.41) is 31.3. The maximum absolute atomic E-state index is 14.4. The van der Waals surface area contributed by atoms with Crippen LogP contribution in [-0.2, 0) is 45.1 Å². The Balaban J connectivity index is 0.000000232. The highest BCUT2D eigenvalue weighted by molar-refractivity contribution is 6.31. The Morgan fingerprint density at radius 1 is 0.625 bits per heavy atom. The lowest BCUT2D eigenvalue weighted by molar-refractivity contribution is -0.150. The number of rotatable bonds is 19. The van der Waals surface area contributed by atoms with Crippen molar-refractivity contribution in [3.8, 4) is 22.3 Å². The van der Waals surface area contributed by atoms with E-state index in [2.05, 4.69) is 15.4 Å². The third kappa shape index (κ3) is 15.4. The predicted octanol–water partition coefficient (Wildman–Crippen LogP) is 12.4. The molecule has 4 atom stereocenters. The summed E-state index contributed by atoms with van der Waals surface area (Å²) in [6.45, 7) is 0.759. The van der Waals surface area contributed by atoms with Gasteiger partial charge in [0.25, 0.3) is 0 Å². The second-order valence-corrected chi connectivity index (χ2v) is 21.0. The molecule has 0 saturated carbocycles. The van der Waals surface area contributed by atoms with Crippen LogP contribution in [0.3, 0.4) is 0 Å². The summed E-state index contributed by atoms with van der Waals surface area (Å²) >= 11 is 12.1. The van der Waals surface area contributed by atoms with Crippen LogP contribution in [0.1, 0.15) is 72.3 Å². The highest BCUT2D eigenvalue weighted by Gasteiger charge is 2.49. The molecule has 418 valence electrons. The number of carboxylic acid groups (broad SMARTS) is 2. The summed E-state index contributed by atoms with van der Waals surface area (Å²) in [4.78, 5) is 66.2. The molecule has 19 heteroatoms. The van der Waals surface area contributed by atoms with Crippen LogP contribution in [0.2, 0.25) is 10.0 Å². The standard InChI is InChI=1S/C32H30ClFN4O5.C28H28ClFN2O4.CH4/c33-25-10-11-27(34)26(16-25)24-8-6-21(7-9-24)14-23(15-29(39)28-18-35-37-36-28)17-32(30(40)41)12-13-38(20-32)31(42)43-19-22-4-2-1-3-5-22;29-22-10-11-25(30)24(15-22)21-8-6-19(7-9-21)14-23(31)16-28(26(33)34)12-13-32(18-28)27(35)36-17-20-4-2-1-3-5-20;/h1-11,16,18,23H,12-15,17,19-20H2,(H,40,41)(H,35,36,37);1-11,15,23H,12-14,16-18,31H2,(H,33,34);1H4/t23-,32?;23-,28?;/m01./s1. The first-order chi connectivity index (χ1) is 38.0. The lowest BCUT2D eigenvalue weighted by Gasteiger charge is -2.29. The molecule has 2 fully saturated rings. The molecule has 2 amide bonds. The normalized spacial score (nSPS) is 17.3. The van der Waals surface area contributed by atoms with Crippen LogP contribution in [0, 0.1) is 28.4 Å². The average Bonchev–Trinajstić information content (AvgIpc) is 4.32. The molecule has 5 N–H and O–H groups in total. The van der Waals surface area contributed by atoms with Gasteiger partial charge in [0, 0.05) is 59.8 Å². The molecule has 2 aliphatic rings. The van der Waals surface area contributed by atoms with Crippen LogP contribution in [0.5, 0.6) is 0 Å². The minimum absolute atomic E-state index is 0. The SMILES string of the molecule is C.N[C@H](Cc1ccc(-c2cc(Cl)ccc2F)cc1)CC1(C(=O)O)CCN(C(=O)OCc2ccccc2)C1.O=C(C[C@H](Cc1ccc(-c2cc(Cl)ccc2F)cc1)CC1(C(=O)O)CCN(C(=O)OCc2ccccc2)C1)c1cn[nH]n1. The zero-order chi connectivity index (χ0) is 56.1. The van der Waals surface area contributed by atoms with Crippen molar-refractivity contribution in [1.82, 2.24) is 25.2 Å². The number of aromatic amines is 1. The van der Waals surface area contributed by atoms with Crippen LogP contribution < -0.4 is 5.73 Å². The number of ketones is 1. The van der Waals surface area contributed by atoms with E-state index in [0.29, 0.717) is 58.1 Å². The number of hydrogen-bond acceptors (Lipinski definition) is 10. The second-order valence-electron chi connectivity index (χ2n) is 20.2. The van der Waals surface area contributed by atoms with E-state index in [1.54, 1.807) is 36.4 Å². The number of carboxylic acids is 2. The van der Waals surface area contributed by atoms with Gasteiger partial charge in [0.2, 0.25) is 0 Å². The summed E-state index contributed by atoms with van der Waals surface area (Å²) in [7, 11) is 0. The fourth-order valence-corrected chi connectivity index (χ4v) is 10.6. The zero-order valence-electron chi connectivity index (χ0n) is 42.9. The Morgan fingerprint density at radius 2 is 1.07 bits per heavy atom. The third-order valence-corrected chi connectivity index (χ3v) is 14.9. The smallest absolute Gasteiger partial charge is 0.410 e. The topological polar surface area (TPSA) is 218 Å². The molecule has 2 unspecified atom stereocenters. The molecule has 80 heavy (non-hydrogen) atoms. The molecule has 2 saturated heterocycles. The van der Waals surface area contributed by atoms with E-state index in [1.807, 2.05) is 84.9 Å². The summed E-state index contributed by atoms with van der Waals surface area (Å²) in [5.41, 5.74) is 9.71. The van der Waals surface area contributed by atoms with Gasteiger partial charge >= 0.3 is 24.1 Å². The number of nitrogens with zero attached hydrogens (tertiary/aromatic N) is 4. The number of aromatic nitrogens is 3. The van der Waals surface area contributed by atoms with Crippen LogP contribution >= 0.6 is 23.2 Å². The summed E-state index contributed by atoms with van der Waals surface area (Å²) in [6, 6.07) is 41.4. The number of H-pyrrole nitrogens is 1. The predicted molar refractivity (Wildman–Crippen MR) is 300 cm³/mol. The number of carbonyl (C=O) groups excluding carboxylic acids is 3. The highest BCUT2D eigenvalue weighted by Crippen LogP contribution is 2.41. The Kier molecular flexibility index (Phi) is 20.3. The molecule has 1 aromatic heterocycles. The van der Waals surface area contributed by atoms with Crippen LogP contribution in [0.15, 0.2) is 152 Å². The Labute approximate surface area is 472 Å². The van der Waals surface area contributed by atoms with E-state index >= 15 is 0 Å². The number of likely N-dealkylation sites (tertiary alicyclic amines) is 2. The van der Waals surface area contributed by atoms with E-state index < -0.39 is 52.7 Å². The van der Waals surface area contributed by atoms with Gasteiger partial charge in [0.05, 0.1) is 17.0 Å². The first-order valence-corrected chi connectivity index (χ1v) is 26.3. The number of carbonyl (C=O) groups is 5. The largest absolute Gasteiger partial charge is 0.481 e. The van der Waals surface area contributed by atoms with Crippen molar-refractivity contribution in [3.05, 3.63) is 201 Å². The zero-order valence-corrected chi connectivity index (χ0v) is 44.4. The number of nitrogens with two attached hydrogens (primary N) is 1. The molecular formula is C61H62Cl2F2N6O9.